The molecule has 0 saturated carbocycles. The zero-order valence-corrected chi connectivity index (χ0v) is 24.2. The molecule has 2 fully saturated rings. The third-order valence-corrected chi connectivity index (χ3v) is 8.28. The van der Waals surface area contributed by atoms with Gasteiger partial charge in [-0.2, -0.15) is 8.42 Å². The predicted octanol–water partition coefficient (Wildman–Crippen LogP) is 2.74. The summed E-state index contributed by atoms with van der Waals surface area (Å²) in [6.45, 7) is 2.85. The Kier molecular flexibility index (Phi) is 10.7. The van der Waals surface area contributed by atoms with E-state index in [0.29, 0.717) is 42.3 Å². The molecule has 0 unspecified atom stereocenters. The Labute approximate surface area is 244 Å². The number of rotatable bonds is 13. The van der Waals surface area contributed by atoms with Crippen LogP contribution in [0.15, 0.2) is 30.6 Å². The van der Waals surface area contributed by atoms with E-state index in [-0.39, 0.29) is 42.7 Å². The number of ether oxygens (including phenoxy) is 1. The van der Waals surface area contributed by atoms with Crippen molar-refractivity contribution < 1.29 is 31.7 Å². The van der Waals surface area contributed by atoms with Gasteiger partial charge in [0, 0.05) is 51.1 Å². The first kappa shape index (κ1) is 30.9. The van der Waals surface area contributed by atoms with Gasteiger partial charge in [-0.25, -0.2) is 14.4 Å². The van der Waals surface area contributed by atoms with Crippen molar-refractivity contribution in [1.29, 1.82) is 0 Å². The fourth-order valence-electron chi connectivity index (χ4n) is 5.04. The molecule has 3 heterocycles. The van der Waals surface area contributed by atoms with Gasteiger partial charge in [0.15, 0.2) is 0 Å². The van der Waals surface area contributed by atoms with Crippen molar-refractivity contribution in [2.75, 3.05) is 50.0 Å². The van der Waals surface area contributed by atoms with Crippen LogP contribution in [-0.2, 0) is 26.1 Å². The zero-order valence-electron chi connectivity index (χ0n) is 22.7. The van der Waals surface area contributed by atoms with Crippen molar-refractivity contribution in [3.63, 3.8) is 0 Å². The number of halogens is 2. The van der Waals surface area contributed by atoms with E-state index in [0.717, 1.165) is 38.8 Å². The third-order valence-electron chi connectivity index (χ3n) is 7.36. The lowest BCUT2D eigenvalue weighted by atomic mass is 9.92. The number of likely N-dealkylation sites (tertiary alicyclic amines) is 1. The fourth-order valence-corrected chi connectivity index (χ4v) is 5.50. The minimum atomic E-state index is -4.13. The molecule has 0 atom stereocenters. The molecule has 0 radical (unpaired) electrons. The number of anilines is 1. The number of piperidine rings is 1. The Morgan fingerprint density at radius 2 is 1.85 bits per heavy atom. The number of nitrogens with one attached hydrogen (secondary N) is 1. The lowest BCUT2D eigenvalue weighted by molar-refractivity contribution is -0.139. The van der Waals surface area contributed by atoms with Gasteiger partial charge >= 0.3 is 0 Å². The molecule has 224 valence electrons. The molecule has 41 heavy (non-hydrogen) atoms. The molecule has 2 aliphatic heterocycles. The van der Waals surface area contributed by atoms with Gasteiger partial charge in [-0.05, 0) is 43.2 Å². The van der Waals surface area contributed by atoms with E-state index in [1.54, 1.807) is 29.4 Å². The quantitative estimate of drug-likeness (QED) is 0.258. The van der Waals surface area contributed by atoms with Crippen LogP contribution in [0.25, 0.3) is 0 Å². The van der Waals surface area contributed by atoms with Crippen molar-refractivity contribution in [3.05, 3.63) is 47.0 Å². The van der Waals surface area contributed by atoms with Crippen molar-refractivity contribution >= 4 is 39.5 Å². The second kappa shape index (κ2) is 14.2. The first-order valence-electron chi connectivity index (χ1n) is 13.7. The van der Waals surface area contributed by atoms with E-state index in [2.05, 4.69) is 20.2 Å². The summed E-state index contributed by atoms with van der Waals surface area (Å²) in [5.41, 5.74) is 0.283. The molecule has 2 saturated heterocycles. The fraction of sp³-hybridized carbons (Fsp3) is 0.556. The number of amides is 2. The highest BCUT2D eigenvalue weighted by Crippen LogP contribution is 2.26. The van der Waals surface area contributed by atoms with E-state index >= 15 is 0 Å². The van der Waals surface area contributed by atoms with Crippen LogP contribution in [-0.4, -0.2) is 84.7 Å². The molecular formula is C27H35ClFN5O6S. The first-order valence-corrected chi connectivity index (χ1v) is 15.7. The second-order valence-corrected chi connectivity index (χ2v) is 12.6. The van der Waals surface area contributed by atoms with Crippen LogP contribution in [0.4, 0.5) is 10.3 Å². The van der Waals surface area contributed by atoms with Gasteiger partial charge in [0.05, 0.1) is 36.2 Å². The van der Waals surface area contributed by atoms with Crippen LogP contribution in [0.5, 0.6) is 5.75 Å². The average Bonchev–Trinajstić information content (AvgIpc) is 2.90. The van der Waals surface area contributed by atoms with E-state index in [1.807, 2.05) is 0 Å². The van der Waals surface area contributed by atoms with Gasteiger partial charge in [0.2, 0.25) is 17.8 Å². The standard InChI is InChI=1S/C27H35ClFN5O6S/c28-22-15-31-27(32-16-22)33-8-5-19(6-9-33)2-1-10-40-23-4-3-21(24(29)14-23)13-26(36)34-17-20(18-34)12-25(35)30-7-11-41(37,38)39/h3-4,14-16,19-20H,1-2,5-13,17-18H2,(H,30,35)(H,37,38,39). The highest BCUT2D eigenvalue weighted by molar-refractivity contribution is 7.85. The number of benzene rings is 1. The summed E-state index contributed by atoms with van der Waals surface area (Å²) in [6.07, 6.45) is 7.25. The van der Waals surface area contributed by atoms with Crippen molar-refractivity contribution in [3.8, 4) is 5.75 Å². The Balaban J connectivity index is 1.10. The van der Waals surface area contributed by atoms with E-state index in [1.165, 1.54) is 6.07 Å². The van der Waals surface area contributed by atoms with Crippen LogP contribution in [0.2, 0.25) is 5.02 Å². The molecule has 2 aromatic rings. The molecule has 0 bridgehead atoms. The van der Waals surface area contributed by atoms with Crippen LogP contribution < -0.4 is 15.0 Å². The summed E-state index contributed by atoms with van der Waals surface area (Å²) >= 11 is 5.86. The summed E-state index contributed by atoms with van der Waals surface area (Å²) in [4.78, 5) is 36.7. The van der Waals surface area contributed by atoms with Crippen LogP contribution in [0, 0.1) is 17.7 Å². The molecule has 2 amide bonds. The van der Waals surface area contributed by atoms with Crippen LogP contribution in [0.3, 0.4) is 0 Å². The summed E-state index contributed by atoms with van der Waals surface area (Å²) in [5.74, 6) is 0.0569. The van der Waals surface area contributed by atoms with Crippen molar-refractivity contribution in [2.45, 2.75) is 38.5 Å². The summed E-state index contributed by atoms with van der Waals surface area (Å²) in [6, 6.07) is 4.55. The molecule has 14 heteroatoms. The first-order chi connectivity index (χ1) is 19.6. The van der Waals surface area contributed by atoms with E-state index in [4.69, 9.17) is 20.9 Å². The van der Waals surface area contributed by atoms with Gasteiger partial charge in [0.25, 0.3) is 10.1 Å². The molecule has 4 rings (SSSR count). The molecule has 0 spiro atoms. The van der Waals surface area contributed by atoms with E-state index in [9.17, 15) is 22.4 Å². The molecule has 2 aliphatic rings. The van der Waals surface area contributed by atoms with Gasteiger partial charge in [0.1, 0.15) is 11.6 Å². The largest absolute Gasteiger partial charge is 0.493 e. The highest BCUT2D eigenvalue weighted by atomic mass is 35.5. The maximum absolute atomic E-state index is 14.7. The molecule has 0 aliphatic carbocycles. The Morgan fingerprint density at radius 3 is 2.51 bits per heavy atom. The van der Waals surface area contributed by atoms with Crippen LogP contribution >= 0.6 is 11.6 Å². The Morgan fingerprint density at radius 1 is 1.15 bits per heavy atom. The van der Waals surface area contributed by atoms with Gasteiger partial charge < -0.3 is 19.9 Å². The molecular weight excluding hydrogens is 577 g/mol. The van der Waals surface area contributed by atoms with E-state index < -0.39 is 21.7 Å². The topological polar surface area (TPSA) is 142 Å². The van der Waals surface area contributed by atoms with Crippen LogP contribution in [0.1, 0.15) is 37.7 Å². The minimum Gasteiger partial charge on any atom is -0.493 e. The smallest absolute Gasteiger partial charge is 0.266 e. The third kappa shape index (κ3) is 9.79. The number of carbonyl (C=O) groups excluding carboxylic acids is 2. The van der Waals surface area contributed by atoms with Gasteiger partial charge in [-0.15, -0.1) is 0 Å². The average molecular weight is 612 g/mol. The number of nitrogens with zero attached hydrogens (tertiary/aromatic N) is 4. The predicted molar refractivity (Wildman–Crippen MR) is 151 cm³/mol. The lowest BCUT2D eigenvalue weighted by Crippen LogP contribution is -2.52. The molecule has 1 aromatic carbocycles. The lowest BCUT2D eigenvalue weighted by Gasteiger charge is -2.39. The van der Waals surface area contributed by atoms with Crippen molar-refractivity contribution in [2.24, 2.45) is 11.8 Å². The molecule has 1 aromatic heterocycles. The summed E-state index contributed by atoms with van der Waals surface area (Å²) < 4.78 is 50.5. The van der Waals surface area contributed by atoms with Gasteiger partial charge in [-0.3, -0.25) is 14.1 Å². The van der Waals surface area contributed by atoms with Gasteiger partial charge in [-0.1, -0.05) is 17.7 Å². The maximum atomic E-state index is 14.7. The molecule has 2 N–H and O–H groups in total. The SMILES string of the molecule is O=C(CC1CN(C(=O)Cc2ccc(OCCCC3CCN(c4ncc(Cl)cn4)CC3)cc2F)C1)NCCS(=O)(=O)O. The Bertz CT molecular complexity index is 1300. The number of hydrogen-bond acceptors (Lipinski definition) is 8. The normalized spacial score (nSPS) is 16.4. The number of carbonyl (C=O) groups is 2. The summed E-state index contributed by atoms with van der Waals surface area (Å²) in [5, 5.41) is 2.95. The number of aromatic nitrogens is 2. The molecule has 11 nitrogen and oxygen atoms in total. The second-order valence-electron chi connectivity index (χ2n) is 10.6. The van der Waals surface area contributed by atoms with Crippen molar-refractivity contribution in [1.82, 2.24) is 20.2 Å². The minimum absolute atomic E-state index is 0.0460. The number of hydrogen-bond donors (Lipinski definition) is 2. The summed E-state index contributed by atoms with van der Waals surface area (Å²) in [7, 11) is -4.13. The Hall–Kier alpha value is -3.03. The highest BCUT2D eigenvalue weighted by Gasteiger charge is 2.32. The zero-order chi connectivity index (χ0) is 29.4. The monoisotopic (exact) mass is 611 g/mol. The maximum Gasteiger partial charge on any atom is 0.266 e.